The van der Waals surface area contributed by atoms with E-state index in [9.17, 15) is 14.4 Å². The van der Waals surface area contributed by atoms with E-state index in [-0.39, 0.29) is 18.0 Å². The predicted molar refractivity (Wildman–Crippen MR) is 117 cm³/mol. The largest absolute Gasteiger partial charge is 0.326 e. The van der Waals surface area contributed by atoms with Crippen molar-refractivity contribution in [2.24, 2.45) is 0 Å². The Hall–Kier alpha value is -4.27. The first-order valence-corrected chi connectivity index (χ1v) is 9.58. The zero-order chi connectivity index (χ0) is 22.0. The summed E-state index contributed by atoms with van der Waals surface area (Å²) in [4.78, 5) is 40.8. The standard InChI is InChI=1S/C22H20N6O3/c1-14-6-8-18(9-7-14)28-21-19(11-24-28)22(31)27(13-23-21)12-20(30)26-17-5-3-4-16(10-17)25-15(2)29/h3-11,13H,12H2,1-2H3,(H,25,29)(H,26,30). The second kappa shape index (κ2) is 8.23. The number of aromatic nitrogens is 4. The van der Waals surface area contributed by atoms with Gasteiger partial charge in [0.2, 0.25) is 11.8 Å². The summed E-state index contributed by atoms with van der Waals surface area (Å²) >= 11 is 0. The monoisotopic (exact) mass is 416 g/mol. The molecule has 2 heterocycles. The molecule has 0 saturated carbocycles. The van der Waals surface area contributed by atoms with E-state index in [1.807, 2.05) is 31.2 Å². The third-order valence-corrected chi connectivity index (χ3v) is 4.61. The van der Waals surface area contributed by atoms with Gasteiger partial charge in [-0.3, -0.25) is 19.0 Å². The second-order valence-corrected chi connectivity index (χ2v) is 7.12. The molecule has 31 heavy (non-hydrogen) atoms. The minimum absolute atomic E-state index is 0.206. The van der Waals surface area contributed by atoms with Gasteiger partial charge in [0, 0.05) is 18.3 Å². The van der Waals surface area contributed by atoms with Crippen molar-refractivity contribution < 1.29 is 9.59 Å². The van der Waals surface area contributed by atoms with Crippen molar-refractivity contribution in [3.8, 4) is 5.69 Å². The van der Waals surface area contributed by atoms with Crippen LogP contribution in [0.25, 0.3) is 16.7 Å². The number of anilines is 2. The maximum absolute atomic E-state index is 12.8. The highest BCUT2D eigenvalue weighted by Crippen LogP contribution is 2.16. The van der Waals surface area contributed by atoms with Gasteiger partial charge in [0.1, 0.15) is 18.3 Å². The smallest absolute Gasteiger partial charge is 0.264 e. The number of carbonyl (C=O) groups excluding carboxylic acids is 2. The maximum Gasteiger partial charge on any atom is 0.264 e. The molecule has 2 aromatic heterocycles. The van der Waals surface area contributed by atoms with Crippen molar-refractivity contribution in [1.82, 2.24) is 19.3 Å². The molecule has 0 radical (unpaired) electrons. The molecular formula is C22H20N6O3. The summed E-state index contributed by atoms with van der Waals surface area (Å²) in [6, 6.07) is 14.5. The lowest BCUT2D eigenvalue weighted by atomic mass is 10.2. The zero-order valence-corrected chi connectivity index (χ0v) is 17.0. The molecule has 2 aromatic carbocycles. The summed E-state index contributed by atoms with van der Waals surface area (Å²) in [5.41, 5.74) is 3.05. The molecule has 156 valence electrons. The molecule has 0 unspecified atom stereocenters. The van der Waals surface area contributed by atoms with E-state index in [4.69, 9.17) is 0 Å². The normalized spacial score (nSPS) is 10.8. The molecule has 0 atom stereocenters. The summed E-state index contributed by atoms with van der Waals surface area (Å²) < 4.78 is 2.82. The molecule has 2 N–H and O–H groups in total. The fourth-order valence-corrected chi connectivity index (χ4v) is 3.17. The molecular weight excluding hydrogens is 396 g/mol. The number of aryl methyl sites for hydroxylation is 1. The van der Waals surface area contributed by atoms with E-state index in [2.05, 4.69) is 20.7 Å². The highest BCUT2D eigenvalue weighted by Gasteiger charge is 2.13. The third-order valence-electron chi connectivity index (χ3n) is 4.61. The molecule has 0 fully saturated rings. The van der Waals surface area contributed by atoms with E-state index < -0.39 is 5.91 Å². The first-order chi connectivity index (χ1) is 14.9. The molecule has 0 bridgehead atoms. The lowest BCUT2D eigenvalue weighted by Crippen LogP contribution is -2.27. The van der Waals surface area contributed by atoms with E-state index in [1.165, 1.54) is 24.0 Å². The Balaban J connectivity index is 1.54. The number of carbonyl (C=O) groups is 2. The number of amides is 2. The topological polar surface area (TPSA) is 111 Å². The van der Waals surface area contributed by atoms with E-state index in [0.29, 0.717) is 22.4 Å². The number of hydrogen-bond acceptors (Lipinski definition) is 5. The van der Waals surface area contributed by atoms with Gasteiger partial charge in [-0.1, -0.05) is 23.8 Å². The van der Waals surface area contributed by atoms with Gasteiger partial charge in [0.25, 0.3) is 5.56 Å². The highest BCUT2D eigenvalue weighted by molar-refractivity contribution is 5.93. The lowest BCUT2D eigenvalue weighted by molar-refractivity contribution is -0.117. The Labute approximate surface area is 177 Å². The number of rotatable bonds is 5. The first kappa shape index (κ1) is 20.0. The summed E-state index contributed by atoms with van der Waals surface area (Å²) in [5, 5.41) is 9.97. The summed E-state index contributed by atoms with van der Waals surface area (Å²) in [6.45, 7) is 3.19. The number of nitrogens with zero attached hydrogens (tertiary/aromatic N) is 4. The fourth-order valence-electron chi connectivity index (χ4n) is 3.17. The van der Waals surface area contributed by atoms with Gasteiger partial charge in [-0.2, -0.15) is 5.10 Å². The van der Waals surface area contributed by atoms with Crippen LogP contribution in [0.15, 0.2) is 65.8 Å². The quantitative estimate of drug-likeness (QED) is 0.519. The van der Waals surface area contributed by atoms with Crippen molar-refractivity contribution >= 4 is 34.2 Å². The van der Waals surface area contributed by atoms with Crippen LogP contribution in [0.1, 0.15) is 12.5 Å². The summed E-state index contributed by atoms with van der Waals surface area (Å²) in [6.07, 6.45) is 2.79. The Bertz CT molecular complexity index is 1340. The van der Waals surface area contributed by atoms with Gasteiger partial charge in [-0.25, -0.2) is 9.67 Å². The summed E-state index contributed by atoms with van der Waals surface area (Å²) in [7, 11) is 0. The molecule has 9 heteroatoms. The SMILES string of the molecule is CC(=O)Nc1cccc(NC(=O)Cn2cnc3c(cnn3-c3ccc(C)cc3)c2=O)c1. The first-order valence-electron chi connectivity index (χ1n) is 9.58. The van der Waals surface area contributed by atoms with Gasteiger partial charge >= 0.3 is 0 Å². The van der Waals surface area contributed by atoms with Crippen LogP contribution in [-0.2, 0) is 16.1 Å². The van der Waals surface area contributed by atoms with Crippen LogP contribution >= 0.6 is 0 Å². The lowest BCUT2D eigenvalue weighted by Gasteiger charge is -2.09. The van der Waals surface area contributed by atoms with Crippen molar-refractivity contribution in [1.29, 1.82) is 0 Å². The van der Waals surface area contributed by atoms with E-state index >= 15 is 0 Å². The van der Waals surface area contributed by atoms with Crippen molar-refractivity contribution in [3.63, 3.8) is 0 Å². The van der Waals surface area contributed by atoms with Crippen LogP contribution in [0.3, 0.4) is 0 Å². The number of nitrogens with one attached hydrogen (secondary N) is 2. The fraction of sp³-hybridized carbons (Fsp3) is 0.136. The van der Waals surface area contributed by atoms with Gasteiger partial charge in [-0.15, -0.1) is 0 Å². The van der Waals surface area contributed by atoms with Crippen LogP contribution in [0, 0.1) is 6.92 Å². The average molecular weight is 416 g/mol. The average Bonchev–Trinajstić information content (AvgIpc) is 3.15. The minimum Gasteiger partial charge on any atom is -0.326 e. The second-order valence-electron chi connectivity index (χ2n) is 7.12. The maximum atomic E-state index is 12.8. The Morgan fingerprint density at radius 2 is 1.74 bits per heavy atom. The number of hydrogen-bond donors (Lipinski definition) is 2. The van der Waals surface area contributed by atoms with Gasteiger partial charge in [0.05, 0.1) is 11.9 Å². The van der Waals surface area contributed by atoms with Crippen LogP contribution < -0.4 is 16.2 Å². The highest BCUT2D eigenvalue weighted by atomic mass is 16.2. The van der Waals surface area contributed by atoms with Gasteiger partial charge < -0.3 is 10.6 Å². The third kappa shape index (κ3) is 4.35. The molecule has 0 saturated heterocycles. The van der Waals surface area contributed by atoms with Crippen molar-refractivity contribution in [3.05, 3.63) is 77.0 Å². The van der Waals surface area contributed by atoms with Crippen LogP contribution in [-0.4, -0.2) is 31.1 Å². The van der Waals surface area contributed by atoms with Crippen molar-refractivity contribution in [2.75, 3.05) is 10.6 Å². The van der Waals surface area contributed by atoms with Gasteiger partial charge in [0.15, 0.2) is 5.65 Å². The minimum atomic E-state index is -0.394. The molecule has 0 spiro atoms. The molecule has 4 aromatic rings. The molecule has 0 aliphatic heterocycles. The number of benzene rings is 2. The Kier molecular flexibility index (Phi) is 5.31. The Morgan fingerprint density at radius 1 is 1.03 bits per heavy atom. The van der Waals surface area contributed by atoms with E-state index in [1.54, 1.807) is 28.9 Å². The van der Waals surface area contributed by atoms with E-state index in [0.717, 1.165) is 11.3 Å². The predicted octanol–water partition coefficient (Wildman–Crippen LogP) is 2.49. The molecule has 0 aliphatic carbocycles. The molecule has 0 aliphatic rings. The van der Waals surface area contributed by atoms with Crippen LogP contribution in [0.4, 0.5) is 11.4 Å². The van der Waals surface area contributed by atoms with Crippen LogP contribution in [0.2, 0.25) is 0 Å². The molecule has 2 amide bonds. The zero-order valence-electron chi connectivity index (χ0n) is 17.0. The van der Waals surface area contributed by atoms with Gasteiger partial charge in [-0.05, 0) is 37.3 Å². The number of fused-ring (bicyclic) bond motifs is 1. The summed E-state index contributed by atoms with van der Waals surface area (Å²) in [5.74, 6) is -0.602. The van der Waals surface area contributed by atoms with Crippen molar-refractivity contribution in [2.45, 2.75) is 20.4 Å². The van der Waals surface area contributed by atoms with Crippen LogP contribution in [0.5, 0.6) is 0 Å². The molecule has 4 rings (SSSR count). The molecule has 9 nitrogen and oxygen atoms in total. The Morgan fingerprint density at radius 3 is 2.45 bits per heavy atom.